The quantitative estimate of drug-likeness (QED) is 0.834. The molecule has 0 aromatic carbocycles. The van der Waals surface area contributed by atoms with Gasteiger partial charge in [0.05, 0.1) is 18.8 Å². The van der Waals surface area contributed by atoms with Gasteiger partial charge in [-0.3, -0.25) is 4.79 Å². The maximum Gasteiger partial charge on any atom is 0.317 e. The summed E-state index contributed by atoms with van der Waals surface area (Å²) in [7, 11) is 0. The number of hydrogen-bond acceptors (Lipinski definition) is 5. The van der Waals surface area contributed by atoms with Crippen molar-refractivity contribution in [3.63, 3.8) is 0 Å². The van der Waals surface area contributed by atoms with Crippen molar-refractivity contribution in [3.8, 4) is 0 Å². The number of anilines is 1. The van der Waals surface area contributed by atoms with E-state index >= 15 is 0 Å². The summed E-state index contributed by atoms with van der Waals surface area (Å²) in [5.74, 6) is 0.727. The Morgan fingerprint density at radius 3 is 2.38 bits per heavy atom. The zero-order valence-corrected chi connectivity index (χ0v) is 17.0. The van der Waals surface area contributed by atoms with Gasteiger partial charge >= 0.3 is 6.03 Å². The van der Waals surface area contributed by atoms with Crippen LogP contribution in [0.25, 0.3) is 0 Å². The van der Waals surface area contributed by atoms with Gasteiger partial charge < -0.3 is 24.8 Å². The van der Waals surface area contributed by atoms with E-state index in [1.807, 2.05) is 21.9 Å². The van der Waals surface area contributed by atoms with Crippen LogP contribution in [0.1, 0.15) is 42.5 Å². The molecule has 0 bridgehead atoms. The van der Waals surface area contributed by atoms with E-state index in [1.165, 1.54) is 19.3 Å². The Kier molecular flexibility index (Phi) is 6.49. The average Bonchev–Trinajstić information content (AvgIpc) is 2.80. The van der Waals surface area contributed by atoms with Crippen molar-refractivity contribution in [2.75, 3.05) is 57.4 Å². The topological polar surface area (TPSA) is 78.0 Å². The van der Waals surface area contributed by atoms with Crippen LogP contribution in [0.15, 0.2) is 18.3 Å². The van der Waals surface area contributed by atoms with Crippen LogP contribution in [0, 0.1) is 0 Å². The van der Waals surface area contributed by atoms with Crippen molar-refractivity contribution >= 4 is 17.8 Å². The van der Waals surface area contributed by atoms with Gasteiger partial charge in [0.1, 0.15) is 5.82 Å². The Hall–Kier alpha value is -2.35. The minimum atomic E-state index is -0.00747. The van der Waals surface area contributed by atoms with Gasteiger partial charge in [0.25, 0.3) is 5.91 Å². The first-order valence-corrected chi connectivity index (χ1v) is 10.8. The molecule has 1 aliphatic carbocycles. The summed E-state index contributed by atoms with van der Waals surface area (Å²) in [6.45, 7) is 5.02. The molecule has 3 heterocycles. The van der Waals surface area contributed by atoms with E-state index in [9.17, 15) is 9.59 Å². The second kappa shape index (κ2) is 9.43. The van der Waals surface area contributed by atoms with Crippen LogP contribution in [0.4, 0.5) is 10.6 Å². The predicted molar refractivity (Wildman–Crippen MR) is 110 cm³/mol. The molecule has 3 amide bonds. The molecule has 4 rings (SSSR count). The molecule has 0 unspecified atom stereocenters. The minimum absolute atomic E-state index is 0.00747. The molecule has 0 spiro atoms. The van der Waals surface area contributed by atoms with Gasteiger partial charge in [-0.2, -0.15) is 0 Å². The SMILES string of the molecule is O=C(NC1CCCCC1)N1CCN(C(=O)c2cccnc2N2CCOCC2)CC1. The summed E-state index contributed by atoms with van der Waals surface area (Å²) in [6.07, 6.45) is 7.56. The third-order valence-corrected chi connectivity index (χ3v) is 6.11. The highest BCUT2D eigenvalue weighted by Crippen LogP contribution is 2.21. The molecule has 1 saturated carbocycles. The number of morpholine rings is 1. The van der Waals surface area contributed by atoms with Crippen LogP contribution < -0.4 is 10.2 Å². The fourth-order valence-corrected chi connectivity index (χ4v) is 4.39. The zero-order chi connectivity index (χ0) is 20.1. The lowest BCUT2D eigenvalue weighted by Gasteiger charge is -2.36. The number of aromatic nitrogens is 1. The third-order valence-electron chi connectivity index (χ3n) is 6.11. The lowest BCUT2D eigenvalue weighted by atomic mass is 9.96. The van der Waals surface area contributed by atoms with Gasteiger partial charge in [0.2, 0.25) is 0 Å². The fraction of sp³-hybridized carbons (Fsp3) is 0.667. The number of hydrogen-bond donors (Lipinski definition) is 1. The molecule has 8 nitrogen and oxygen atoms in total. The summed E-state index contributed by atoms with van der Waals surface area (Å²) in [5, 5.41) is 3.17. The Balaban J connectivity index is 1.34. The van der Waals surface area contributed by atoms with Gasteiger partial charge in [0.15, 0.2) is 0 Å². The second-order valence-corrected chi connectivity index (χ2v) is 8.04. The van der Waals surface area contributed by atoms with E-state index < -0.39 is 0 Å². The van der Waals surface area contributed by atoms with Gasteiger partial charge in [-0.05, 0) is 25.0 Å². The summed E-state index contributed by atoms with van der Waals surface area (Å²) in [5.41, 5.74) is 0.634. The smallest absolute Gasteiger partial charge is 0.317 e. The van der Waals surface area contributed by atoms with Crippen molar-refractivity contribution in [1.29, 1.82) is 0 Å². The average molecular weight is 402 g/mol. The summed E-state index contributed by atoms with van der Waals surface area (Å²) < 4.78 is 5.42. The normalized spacial score (nSPS) is 21.2. The number of carbonyl (C=O) groups excluding carboxylic acids is 2. The molecule has 158 valence electrons. The van der Waals surface area contributed by atoms with Crippen molar-refractivity contribution in [2.24, 2.45) is 0 Å². The molecule has 0 radical (unpaired) electrons. The van der Waals surface area contributed by atoms with Crippen LogP contribution in [-0.4, -0.2) is 85.2 Å². The van der Waals surface area contributed by atoms with E-state index in [0.29, 0.717) is 51.0 Å². The molecule has 1 aromatic rings. The van der Waals surface area contributed by atoms with Gasteiger partial charge in [0, 0.05) is 51.5 Å². The zero-order valence-electron chi connectivity index (χ0n) is 17.0. The summed E-state index contributed by atoms with van der Waals surface area (Å²) in [4.78, 5) is 36.0. The predicted octanol–water partition coefficient (Wildman–Crippen LogP) is 1.72. The number of piperazine rings is 1. The van der Waals surface area contributed by atoms with Gasteiger partial charge in [-0.1, -0.05) is 19.3 Å². The summed E-state index contributed by atoms with van der Waals surface area (Å²) >= 11 is 0. The molecule has 0 atom stereocenters. The van der Waals surface area contributed by atoms with Crippen LogP contribution >= 0.6 is 0 Å². The first-order chi connectivity index (χ1) is 14.2. The van der Waals surface area contributed by atoms with E-state index in [0.717, 1.165) is 31.7 Å². The molecule has 29 heavy (non-hydrogen) atoms. The molecule has 3 fully saturated rings. The number of rotatable bonds is 3. The van der Waals surface area contributed by atoms with Crippen molar-refractivity contribution < 1.29 is 14.3 Å². The lowest BCUT2D eigenvalue weighted by Crippen LogP contribution is -2.54. The molecular weight excluding hydrogens is 370 g/mol. The number of carbonyl (C=O) groups is 2. The van der Waals surface area contributed by atoms with E-state index in [2.05, 4.69) is 15.2 Å². The Labute approximate surface area is 172 Å². The van der Waals surface area contributed by atoms with Crippen molar-refractivity contribution in [1.82, 2.24) is 20.1 Å². The largest absolute Gasteiger partial charge is 0.378 e. The van der Waals surface area contributed by atoms with E-state index in [-0.39, 0.29) is 11.9 Å². The maximum atomic E-state index is 13.2. The number of urea groups is 1. The van der Waals surface area contributed by atoms with Gasteiger partial charge in [-0.25, -0.2) is 9.78 Å². The highest BCUT2D eigenvalue weighted by atomic mass is 16.5. The minimum Gasteiger partial charge on any atom is -0.378 e. The van der Waals surface area contributed by atoms with Crippen LogP contribution in [-0.2, 0) is 4.74 Å². The Bertz CT molecular complexity index is 708. The molecule has 1 aromatic heterocycles. The summed E-state index contributed by atoms with van der Waals surface area (Å²) in [6, 6.07) is 3.98. The fourth-order valence-electron chi connectivity index (χ4n) is 4.39. The monoisotopic (exact) mass is 401 g/mol. The molecule has 8 heteroatoms. The number of ether oxygens (including phenoxy) is 1. The van der Waals surface area contributed by atoms with Gasteiger partial charge in [-0.15, -0.1) is 0 Å². The molecule has 2 aliphatic heterocycles. The second-order valence-electron chi connectivity index (χ2n) is 8.04. The lowest BCUT2D eigenvalue weighted by molar-refractivity contribution is 0.0661. The van der Waals surface area contributed by atoms with Crippen LogP contribution in [0.3, 0.4) is 0 Å². The third kappa shape index (κ3) is 4.80. The number of nitrogens with zero attached hydrogens (tertiary/aromatic N) is 4. The molecule has 1 N–H and O–H groups in total. The maximum absolute atomic E-state index is 13.2. The van der Waals surface area contributed by atoms with Crippen molar-refractivity contribution in [2.45, 2.75) is 38.1 Å². The first-order valence-electron chi connectivity index (χ1n) is 10.8. The number of nitrogens with one attached hydrogen (secondary N) is 1. The molecular formula is C21H31N5O3. The number of amides is 3. The number of pyridine rings is 1. The van der Waals surface area contributed by atoms with Crippen molar-refractivity contribution in [3.05, 3.63) is 23.9 Å². The Morgan fingerprint density at radius 2 is 1.66 bits per heavy atom. The molecule has 2 saturated heterocycles. The highest BCUT2D eigenvalue weighted by molar-refractivity contribution is 5.99. The van der Waals surface area contributed by atoms with Crippen LogP contribution in [0.2, 0.25) is 0 Å². The van der Waals surface area contributed by atoms with E-state index in [4.69, 9.17) is 4.74 Å². The first kappa shape index (κ1) is 19.9. The highest BCUT2D eigenvalue weighted by Gasteiger charge is 2.29. The Morgan fingerprint density at radius 1 is 0.966 bits per heavy atom. The molecule has 3 aliphatic rings. The standard InChI is InChI=1S/C21H31N5O3/c27-20(18-7-4-8-22-19(18)24-13-15-29-16-14-24)25-9-11-26(12-10-25)21(28)23-17-5-2-1-3-6-17/h4,7-8,17H,1-3,5-6,9-16H2,(H,23,28). The van der Waals surface area contributed by atoms with E-state index in [1.54, 1.807) is 6.20 Å². The van der Waals surface area contributed by atoms with Crippen LogP contribution in [0.5, 0.6) is 0 Å².